The summed E-state index contributed by atoms with van der Waals surface area (Å²) in [5.41, 5.74) is 0. The van der Waals surface area contributed by atoms with Crippen molar-refractivity contribution in [3.63, 3.8) is 0 Å². The van der Waals surface area contributed by atoms with Crippen molar-refractivity contribution in [2.75, 3.05) is 14.1 Å². The Morgan fingerprint density at radius 1 is 1.67 bits per heavy atom. The zero-order valence-electron chi connectivity index (χ0n) is 4.01. The number of carbonyl (C=O) groups is 1. The average molecular weight is 83.9 g/mol. The molecule has 0 aromatic carbocycles. The molecule has 6 heavy (non-hydrogen) atoms. The molecular weight excluding hydrogens is 76.9 g/mol. The van der Waals surface area contributed by atoms with E-state index >= 15 is 0 Å². The van der Waals surface area contributed by atoms with E-state index in [0.717, 1.165) is 0 Å². The first-order chi connectivity index (χ1) is 2.56. The molecule has 0 aliphatic rings. The second-order valence-corrected chi connectivity index (χ2v) is 1.73. The number of nitrogens with zero attached hydrogens (tertiary/aromatic N) is 1. The van der Waals surface area contributed by atoms with Crippen molar-refractivity contribution in [3.05, 3.63) is 0 Å². The maximum atomic E-state index is 9.67. The van der Waals surface area contributed by atoms with Crippen LogP contribution < -0.4 is 0 Å². The SMILES string of the molecule is [B-][N+](C)(C)C=O. The fraction of sp³-hybridized carbons (Fsp3) is 0.667. The molecule has 0 saturated carbocycles. The first kappa shape index (κ1) is 5.69. The summed E-state index contributed by atoms with van der Waals surface area (Å²) in [5, 5.41) is 0. The van der Waals surface area contributed by atoms with Gasteiger partial charge in [-0.2, -0.15) is 0 Å². The standard InChI is InChI=1S/C3H7BNO/c1-5(2,4)3-6/h3H,1-2H3. The molecule has 0 aliphatic carbocycles. The predicted molar refractivity (Wildman–Crippen MR) is 23.9 cm³/mol. The lowest BCUT2D eigenvalue weighted by Gasteiger charge is -2.30. The number of quaternary nitrogens is 1. The fourth-order valence-electron chi connectivity index (χ4n) is 0. The molecule has 0 aromatic rings. The minimum absolute atomic E-state index is 0.111. The molecule has 0 heterocycles. The molecule has 0 spiro atoms. The van der Waals surface area contributed by atoms with E-state index in [1.807, 2.05) is 0 Å². The van der Waals surface area contributed by atoms with Gasteiger partial charge in [0.15, 0.2) is 0 Å². The summed E-state index contributed by atoms with van der Waals surface area (Å²) in [6, 6.07) is 0. The van der Waals surface area contributed by atoms with Crippen LogP contribution in [0.2, 0.25) is 0 Å². The Balaban J connectivity index is 3.45. The molecule has 3 heteroatoms. The van der Waals surface area contributed by atoms with Crippen molar-refractivity contribution in [1.29, 1.82) is 0 Å². The Hall–Kier alpha value is -0.305. The summed E-state index contributed by atoms with van der Waals surface area (Å²) in [7, 11) is 8.28. The smallest absolute Gasteiger partial charge is 0.250 e. The van der Waals surface area contributed by atoms with Gasteiger partial charge < -0.3 is 4.39 Å². The van der Waals surface area contributed by atoms with Crippen molar-refractivity contribution >= 4 is 14.4 Å². The van der Waals surface area contributed by atoms with Crippen molar-refractivity contribution < 1.29 is 9.19 Å². The summed E-state index contributed by atoms with van der Waals surface area (Å²) < 4.78 is -0.111. The first-order valence-corrected chi connectivity index (χ1v) is 1.65. The van der Waals surface area contributed by atoms with Gasteiger partial charge >= 0.3 is 0 Å². The molecule has 2 nitrogen and oxygen atoms in total. The number of carbonyl (C=O) groups excluding carboxylic acids is 1. The van der Waals surface area contributed by atoms with Crippen molar-refractivity contribution in [1.82, 2.24) is 0 Å². The predicted octanol–water partition coefficient (Wildman–Crippen LogP) is -0.697. The maximum Gasteiger partial charge on any atom is 0.250 e. The van der Waals surface area contributed by atoms with E-state index in [1.54, 1.807) is 14.1 Å². The molecular formula is C3H7BNO. The molecule has 0 aromatic heterocycles. The van der Waals surface area contributed by atoms with Crippen LogP contribution >= 0.6 is 0 Å². The van der Waals surface area contributed by atoms with Crippen molar-refractivity contribution in [2.24, 2.45) is 0 Å². The number of hydrogen-bond donors (Lipinski definition) is 0. The van der Waals surface area contributed by atoms with E-state index in [-0.39, 0.29) is 4.39 Å². The molecule has 0 fully saturated rings. The second-order valence-electron chi connectivity index (χ2n) is 1.73. The van der Waals surface area contributed by atoms with E-state index < -0.39 is 0 Å². The van der Waals surface area contributed by atoms with Crippen LogP contribution in [0, 0.1) is 0 Å². The van der Waals surface area contributed by atoms with Crippen LogP contribution in [0.4, 0.5) is 0 Å². The Morgan fingerprint density at radius 2 is 1.83 bits per heavy atom. The number of rotatable bonds is 1. The van der Waals surface area contributed by atoms with Crippen LogP contribution in [0.3, 0.4) is 0 Å². The highest BCUT2D eigenvalue weighted by atomic mass is 16.1. The van der Waals surface area contributed by atoms with Gasteiger partial charge in [-0.3, -0.25) is 0 Å². The van der Waals surface area contributed by atoms with E-state index in [0.29, 0.717) is 6.41 Å². The Kier molecular flexibility index (Phi) is 1.36. The lowest BCUT2D eigenvalue weighted by molar-refractivity contribution is -0.679. The molecule has 0 saturated heterocycles. The number of amides is 1. The van der Waals surface area contributed by atoms with Gasteiger partial charge in [-0.15, -0.1) is 0 Å². The molecule has 0 unspecified atom stereocenters. The van der Waals surface area contributed by atoms with Crippen LogP contribution in [-0.4, -0.2) is 32.9 Å². The van der Waals surface area contributed by atoms with Crippen molar-refractivity contribution in [2.45, 2.75) is 0 Å². The topological polar surface area (TPSA) is 17.1 Å². The largest absolute Gasteiger partial charge is 0.533 e. The van der Waals surface area contributed by atoms with Crippen LogP contribution in [0.1, 0.15) is 0 Å². The zero-order chi connectivity index (χ0) is 5.21. The highest BCUT2D eigenvalue weighted by molar-refractivity contribution is 6.00. The lowest BCUT2D eigenvalue weighted by atomic mass is 10.3. The van der Waals surface area contributed by atoms with Gasteiger partial charge in [-0.25, -0.2) is 12.8 Å². The summed E-state index contributed by atoms with van der Waals surface area (Å²) in [5.74, 6) is 0. The van der Waals surface area contributed by atoms with Gasteiger partial charge in [-0.05, 0) is 0 Å². The Labute approximate surface area is 38.8 Å². The fourth-order valence-corrected chi connectivity index (χ4v) is 0. The number of hydrogen-bond acceptors (Lipinski definition) is 1. The van der Waals surface area contributed by atoms with E-state index in [4.69, 9.17) is 7.98 Å². The molecule has 0 aliphatic heterocycles. The monoisotopic (exact) mass is 84.1 g/mol. The van der Waals surface area contributed by atoms with Crippen LogP contribution in [-0.2, 0) is 4.79 Å². The van der Waals surface area contributed by atoms with Gasteiger partial charge in [0.05, 0.1) is 0 Å². The van der Waals surface area contributed by atoms with Gasteiger partial charge in [0.25, 0.3) is 6.41 Å². The summed E-state index contributed by atoms with van der Waals surface area (Å²) in [4.78, 5) is 9.67. The second kappa shape index (κ2) is 1.43. The van der Waals surface area contributed by atoms with Gasteiger partial charge in [0.1, 0.15) is 0 Å². The minimum Gasteiger partial charge on any atom is -0.533 e. The third-order valence-electron chi connectivity index (χ3n) is 0.272. The van der Waals surface area contributed by atoms with Crippen LogP contribution in [0.5, 0.6) is 0 Å². The van der Waals surface area contributed by atoms with E-state index in [9.17, 15) is 4.79 Å². The molecule has 0 bridgehead atoms. The third kappa shape index (κ3) is 3.69. The normalized spacial score (nSPS) is 11.2. The summed E-state index contributed by atoms with van der Waals surface area (Å²) in [6.07, 6.45) is 0.653. The molecule has 1 amide bonds. The maximum absolute atomic E-state index is 9.67. The van der Waals surface area contributed by atoms with Crippen LogP contribution in [0.25, 0.3) is 0 Å². The molecule has 0 atom stereocenters. The lowest BCUT2D eigenvalue weighted by Crippen LogP contribution is -2.33. The Bertz CT molecular complexity index is 56.3. The molecule has 33 valence electrons. The van der Waals surface area contributed by atoms with Gasteiger partial charge in [0.2, 0.25) is 0 Å². The minimum atomic E-state index is -0.111. The van der Waals surface area contributed by atoms with Crippen LogP contribution in [0.15, 0.2) is 0 Å². The average Bonchev–Trinajstić information content (AvgIpc) is 1.35. The molecule has 3 radical (unpaired) electrons. The van der Waals surface area contributed by atoms with E-state index in [1.165, 1.54) is 0 Å². The van der Waals surface area contributed by atoms with Gasteiger partial charge in [-0.1, -0.05) is 0 Å². The molecule has 0 N–H and O–H groups in total. The van der Waals surface area contributed by atoms with Crippen molar-refractivity contribution in [3.8, 4) is 0 Å². The first-order valence-electron chi connectivity index (χ1n) is 1.65. The Morgan fingerprint density at radius 3 is 1.83 bits per heavy atom. The van der Waals surface area contributed by atoms with E-state index in [2.05, 4.69) is 0 Å². The zero-order valence-corrected chi connectivity index (χ0v) is 4.01. The summed E-state index contributed by atoms with van der Waals surface area (Å²) in [6.45, 7) is 0. The summed E-state index contributed by atoms with van der Waals surface area (Å²) >= 11 is 0. The highest BCUT2D eigenvalue weighted by Gasteiger charge is 1.83. The van der Waals surface area contributed by atoms with Gasteiger partial charge in [0, 0.05) is 14.1 Å². The molecule has 0 rings (SSSR count). The third-order valence-corrected chi connectivity index (χ3v) is 0.272. The highest BCUT2D eigenvalue weighted by Crippen LogP contribution is 1.74. The quantitative estimate of drug-likeness (QED) is 0.303.